The van der Waals surface area contributed by atoms with Crippen molar-refractivity contribution in [3.63, 3.8) is 0 Å². The molecule has 0 aromatic heterocycles. The Kier molecular flexibility index (Phi) is 3.97. The number of nitrogens with zero attached hydrogens (tertiary/aromatic N) is 3. The topological polar surface area (TPSA) is 83.8 Å². The van der Waals surface area contributed by atoms with E-state index in [1.807, 2.05) is 4.90 Å². The van der Waals surface area contributed by atoms with E-state index in [0.717, 1.165) is 6.41 Å². The van der Waals surface area contributed by atoms with Crippen molar-refractivity contribution in [3.8, 4) is 0 Å². The van der Waals surface area contributed by atoms with Crippen LogP contribution in [0.5, 0.6) is 0 Å². The molecule has 1 fully saturated rings. The fourth-order valence-electron chi connectivity index (χ4n) is 2.22. The third kappa shape index (κ3) is 2.76. The molecule has 2 rings (SSSR count). The highest BCUT2D eigenvalue weighted by molar-refractivity contribution is 5.95. The Morgan fingerprint density at radius 2 is 1.95 bits per heavy atom. The number of hydrogen-bond donors (Lipinski definition) is 0. The second kappa shape index (κ2) is 5.68. The SMILES string of the molecule is CC(=O)c1ccc(N2CCN(C=O)CC2)c([N+](=O)[O-])c1. The molecule has 106 valence electrons. The summed E-state index contributed by atoms with van der Waals surface area (Å²) in [5.74, 6) is -0.203. The number of amides is 1. The molecule has 0 saturated carbocycles. The Hall–Kier alpha value is -2.44. The van der Waals surface area contributed by atoms with Gasteiger partial charge in [-0.05, 0) is 19.1 Å². The zero-order chi connectivity index (χ0) is 14.7. The third-order valence-corrected chi connectivity index (χ3v) is 3.38. The van der Waals surface area contributed by atoms with Gasteiger partial charge in [0, 0.05) is 37.8 Å². The molecule has 0 N–H and O–H groups in total. The number of ketones is 1. The van der Waals surface area contributed by atoms with Crippen LogP contribution in [-0.2, 0) is 4.79 Å². The molecule has 1 aliphatic rings. The first kappa shape index (κ1) is 14.0. The number of carbonyl (C=O) groups is 2. The number of hydrogen-bond acceptors (Lipinski definition) is 5. The van der Waals surface area contributed by atoms with E-state index in [2.05, 4.69) is 0 Å². The van der Waals surface area contributed by atoms with Gasteiger partial charge in [-0.25, -0.2) is 0 Å². The van der Waals surface area contributed by atoms with E-state index >= 15 is 0 Å². The van der Waals surface area contributed by atoms with Gasteiger partial charge in [0.05, 0.1) is 4.92 Å². The normalized spacial score (nSPS) is 15.1. The molecule has 0 aliphatic carbocycles. The van der Waals surface area contributed by atoms with Gasteiger partial charge in [0.1, 0.15) is 5.69 Å². The molecule has 0 unspecified atom stereocenters. The summed E-state index contributed by atoms with van der Waals surface area (Å²) < 4.78 is 0. The summed E-state index contributed by atoms with van der Waals surface area (Å²) in [4.78, 5) is 36.1. The van der Waals surface area contributed by atoms with E-state index in [4.69, 9.17) is 0 Å². The second-order valence-electron chi connectivity index (χ2n) is 4.65. The van der Waals surface area contributed by atoms with E-state index < -0.39 is 4.92 Å². The van der Waals surface area contributed by atoms with Crippen LogP contribution in [0.1, 0.15) is 17.3 Å². The molecule has 1 amide bonds. The number of piperazine rings is 1. The van der Waals surface area contributed by atoms with Crippen LogP contribution in [0.15, 0.2) is 18.2 Å². The summed E-state index contributed by atoms with van der Waals surface area (Å²) >= 11 is 0. The first-order valence-corrected chi connectivity index (χ1v) is 6.26. The Labute approximate surface area is 115 Å². The van der Waals surface area contributed by atoms with Crippen molar-refractivity contribution in [3.05, 3.63) is 33.9 Å². The Bertz CT molecular complexity index is 551. The monoisotopic (exact) mass is 277 g/mol. The van der Waals surface area contributed by atoms with Crippen molar-refractivity contribution in [2.45, 2.75) is 6.92 Å². The minimum absolute atomic E-state index is 0.0720. The molecule has 1 aromatic carbocycles. The highest BCUT2D eigenvalue weighted by Gasteiger charge is 2.24. The summed E-state index contributed by atoms with van der Waals surface area (Å²) in [5.41, 5.74) is 0.745. The zero-order valence-electron chi connectivity index (χ0n) is 11.1. The van der Waals surface area contributed by atoms with Gasteiger partial charge in [-0.2, -0.15) is 0 Å². The fourth-order valence-corrected chi connectivity index (χ4v) is 2.22. The molecular weight excluding hydrogens is 262 g/mol. The molecule has 0 atom stereocenters. The van der Waals surface area contributed by atoms with Crippen LogP contribution >= 0.6 is 0 Å². The average molecular weight is 277 g/mol. The van der Waals surface area contributed by atoms with E-state index in [1.54, 1.807) is 17.0 Å². The third-order valence-electron chi connectivity index (χ3n) is 3.38. The van der Waals surface area contributed by atoms with E-state index in [0.29, 0.717) is 37.4 Å². The molecule has 7 heteroatoms. The second-order valence-corrected chi connectivity index (χ2v) is 4.65. The van der Waals surface area contributed by atoms with E-state index in [1.165, 1.54) is 13.0 Å². The molecule has 1 aromatic rings. The van der Waals surface area contributed by atoms with Crippen molar-refractivity contribution in [2.75, 3.05) is 31.1 Å². The van der Waals surface area contributed by atoms with Crippen molar-refractivity contribution in [2.24, 2.45) is 0 Å². The minimum atomic E-state index is -0.478. The fraction of sp³-hybridized carbons (Fsp3) is 0.385. The molecule has 0 bridgehead atoms. The number of nitro benzene ring substituents is 1. The number of rotatable bonds is 4. The molecule has 1 saturated heterocycles. The minimum Gasteiger partial charge on any atom is -0.362 e. The van der Waals surface area contributed by atoms with Gasteiger partial charge in [-0.15, -0.1) is 0 Å². The van der Waals surface area contributed by atoms with E-state index in [-0.39, 0.29) is 11.5 Å². The summed E-state index contributed by atoms with van der Waals surface area (Å²) in [6, 6.07) is 4.51. The number of nitro groups is 1. The van der Waals surface area contributed by atoms with Crippen LogP contribution in [0.2, 0.25) is 0 Å². The highest BCUT2D eigenvalue weighted by atomic mass is 16.6. The molecule has 0 radical (unpaired) electrons. The molecule has 0 spiro atoms. The highest BCUT2D eigenvalue weighted by Crippen LogP contribution is 2.30. The first-order chi connectivity index (χ1) is 9.52. The summed E-state index contributed by atoms with van der Waals surface area (Å²) in [7, 11) is 0. The lowest BCUT2D eigenvalue weighted by atomic mass is 10.1. The lowest BCUT2D eigenvalue weighted by Crippen LogP contribution is -2.45. The predicted octanol–water partition coefficient (Wildman–Crippen LogP) is 1.08. The number of Topliss-reactive ketones (excluding diaryl/α,β-unsaturated/α-hetero) is 1. The standard InChI is InChI=1S/C13H15N3O4/c1-10(18)11-2-3-12(13(8-11)16(19)20)15-6-4-14(9-17)5-7-15/h2-3,8-9H,4-7H2,1H3. The van der Waals surface area contributed by atoms with Gasteiger partial charge in [0.2, 0.25) is 6.41 Å². The lowest BCUT2D eigenvalue weighted by molar-refractivity contribution is -0.384. The van der Waals surface area contributed by atoms with Crippen LogP contribution in [0, 0.1) is 10.1 Å². The Morgan fingerprint density at radius 1 is 1.30 bits per heavy atom. The van der Waals surface area contributed by atoms with Crippen molar-refractivity contribution < 1.29 is 14.5 Å². The maximum absolute atomic E-state index is 11.3. The number of benzene rings is 1. The molecule has 1 aliphatic heterocycles. The molecule has 20 heavy (non-hydrogen) atoms. The maximum Gasteiger partial charge on any atom is 0.293 e. The number of carbonyl (C=O) groups excluding carboxylic acids is 2. The van der Waals surface area contributed by atoms with Crippen molar-refractivity contribution >= 4 is 23.6 Å². The quantitative estimate of drug-likeness (QED) is 0.356. The lowest BCUT2D eigenvalue weighted by Gasteiger charge is -2.33. The van der Waals surface area contributed by atoms with Crippen LogP contribution in [0.4, 0.5) is 11.4 Å². The molecule has 1 heterocycles. The van der Waals surface area contributed by atoms with Crippen molar-refractivity contribution in [1.82, 2.24) is 4.90 Å². The van der Waals surface area contributed by atoms with Gasteiger partial charge < -0.3 is 9.80 Å². The largest absolute Gasteiger partial charge is 0.362 e. The van der Waals surface area contributed by atoms with Gasteiger partial charge in [0.25, 0.3) is 5.69 Å². The summed E-state index contributed by atoms with van der Waals surface area (Å²) in [5, 5.41) is 11.2. The number of anilines is 1. The molecule has 7 nitrogen and oxygen atoms in total. The van der Waals surface area contributed by atoms with Crippen LogP contribution in [0.25, 0.3) is 0 Å². The van der Waals surface area contributed by atoms with Crippen LogP contribution in [-0.4, -0.2) is 48.2 Å². The molecular formula is C13H15N3O4. The van der Waals surface area contributed by atoms with Crippen LogP contribution < -0.4 is 4.90 Å². The van der Waals surface area contributed by atoms with Crippen LogP contribution in [0.3, 0.4) is 0 Å². The van der Waals surface area contributed by atoms with Crippen molar-refractivity contribution in [1.29, 1.82) is 0 Å². The smallest absolute Gasteiger partial charge is 0.293 e. The Balaban J connectivity index is 2.29. The predicted molar refractivity (Wildman–Crippen MR) is 73.0 cm³/mol. The maximum atomic E-state index is 11.3. The van der Waals surface area contributed by atoms with Gasteiger partial charge in [-0.3, -0.25) is 19.7 Å². The average Bonchev–Trinajstić information content (AvgIpc) is 2.46. The summed E-state index contributed by atoms with van der Waals surface area (Å²) in [6.07, 6.45) is 0.782. The first-order valence-electron chi connectivity index (χ1n) is 6.26. The van der Waals surface area contributed by atoms with E-state index in [9.17, 15) is 19.7 Å². The van der Waals surface area contributed by atoms with Gasteiger partial charge >= 0.3 is 0 Å². The zero-order valence-corrected chi connectivity index (χ0v) is 11.1. The Morgan fingerprint density at radius 3 is 2.45 bits per heavy atom. The van der Waals surface area contributed by atoms with Gasteiger partial charge in [-0.1, -0.05) is 0 Å². The van der Waals surface area contributed by atoms with Gasteiger partial charge in [0.15, 0.2) is 5.78 Å². The summed E-state index contributed by atoms with van der Waals surface area (Å²) in [6.45, 7) is 3.53.